The van der Waals surface area contributed by atoms with Crippen molar-refractivity contribution in [2.45, 2.75) is 24.9 Å². The maximum absolute atomic E-state index is 13.5. The molecule has 0 amide bonds. The molecule has 1 aromatic heterocycles. The molecule has 0 spiro atoms. The van der Waals surface area contributed by atoms with Gasteiger partial charge in [-0.3, -0.25) is 18.9 Å². The van der Waals surface area contributed by atoms with Gasteiger partial charge >= 0.3 is 13.4 Å². The molecule has 168 valence electrons. The second-order valence-electron chi connectivity index (χ2n) is 6.57. The maximum atomic E-state index is 13.5. The van der Waals surface area contributed by atoms with Crippen LogP contribution in [0.5, 0.6) is 5.75 Å². The van der Waals surface area contributed by atoms with Crippen LogP contribution in [0.4, 0.5) is 4.39 Å². The van der Waals surface area contributed by atoms with E-state index in [1.165, 1.54) is 18.2 Å². The Hall–Kier alpha value is -2.27. The molecule has 1 fully saturated rings. The molecule has 2 heterocycles. The number of hydrogen-bond acceptors (Lipinski definition) is 7. The monoisotopic (exact) mass is 475 g/mol. The summed E-state index contributed by atoms with van der Waals surface area (Å²) in [5, 5.41) is 13.3. The Kier molecular flexibility index (Phi) is 7.47. The van der Waals surface area contributed by atoms with Gasteiger partial charge in [0.2, 0.25) is 5.82 Å². The van der Waals surface area contributed by atoms with Gasteiger partial charge in [0.05, 0.1) is 18.9 Å². The lowest BCUT2D eigenvalue weighted by Crippen LogP contribution is -2.34. The number of aliphatic hydroxyl groups is 1. The van der Waals surface area contributed by atoms with E-state index in [0.29, 0.717) is 11.2 Å². The molecule has 0 aliphatic carbocycles. The molecule has 1 aliphatic heterocycles. The Morgan fingerprint density at radius 3 is 2.81 bits per heavy atom. The van der Waals surface area contributed by atoms with Gasteiger partial charge in [-0.05, 0) is 24.3 Å². The molecular formula is C18H20ClFN3O7P. The van der Waals surface area contributed by atoms with E-state index in [-0.39, 0.29) is 25.3 Å². The van der Waals surface area contributed by atoms with Crippen molar-refractivity contribution in [3.8, 4) is 5.75 Å². The fourth-order valence-corrected chi connectivity index (χ4v) is 4.23. The first-order chi connectivity index (χ1) is 14.7. The number of aromatic nitrogens is 2. The first-order valence-corrected chi connectivity index (χ1v) is 11.0. The third-order valence-corrected chi connectivity index (χ3v) is 6.08. The Morgan fingerprint density at radius 1 is 1.42 bits per heavy atom. The molecule has 0 saturated carbocycles. The Balaban J connectivity index is 1.69. The highest BCUT2D eigenvalue weighted by molar-refractivity contribution is 7.52. The van der Waals surface area contributed by atoms with Crippen LogP contribution in [0.3, 0.4) is 0 Å². The third-order valence-electron chi connectivity index (χ3n) is 4.32. The topological polar surface area (TPSA) is 132 Å². The fourth-order valence-electron chi connectivity index (χ4n) is 2.80. The van der Waals surface area contributed by atoms with E-state index in [0.717, 1.165) is 4.57 Å². The van der Waals surface area contributed by atoms with Crippen LogP contribution in [-0.2, 0) is 13.8 Å². The second kappa shape index (κ2) is 9.90. The minimum atomic E-state index is -3.90. The zero-order chi connectivity index (χ0) is 22.6. The van der Waals surface area contributed by atoms with Crippen LogP contribution in [0.25, 0.3) is 0 Å². The molecule has 3 N–H and O–H groups in total. The number of halogens is 2. The Labute approximate surface area is 180 Å². The molecule has 1 saturated heterocycles. The van der Waals surface area contributed by atoms with Gasteiger partial charge in [-0.25, -0.2) is 14.4 Å². The van der Waals surface area contributed by atoms with Crippen molar-refractivity contribution >= 4 is 19.3 Å². The van der Waals surface area contributed by atoms with Crippen LogP contribution in [0.2, 0.25) is 5.02 Å². The minimum absolute atomic E-state index is 0.0815. The number of aliphatic hydroxyl groups excluding tert-OH is 1. The largest absolute Gasteiger partial charge is 0.459 e. The number of benzene rings is 1. The molecule has 0 bridgehead atoms. The molecule has 3 rings (SSSR count). The normalized spacial score (nSPS) is 22.7. The Bertz CT molecular complexity index is 1090. The van der Waals surface area contributed by atoms with Gasteiger partial charge < -0.3 is 14.4 Å². The quantitative estimate of drug-likeness (QED) is 0.370. The number of aromatic amines is 1. The summed E-state index contributed by atoms with van der Waals surface area (Å²) in [6.07, 6.45) is -1.10. The summed E-state index contributed by atoms with van der Waals surface area (Å²) in [7, 11) is -3.90. The van der Waals surface area contributed by atoms with Gasteiger partial charge in [0.15, 0.2) is 0 Å². The fraction of sp³-hybridized carbons (Fsp3) is 0.333. The van der Waals surface area contributed by atoms with Crippen LogP contribution in [0.1, 0.15) is 12.6 Å². The summed E-state index contributed by atoms with van der Waals surface area (Å²) < 4.78 is 43.8. The summed E-state index contributed by atoms with van der Waals surface area (Å²) in [5.74, 6) is -0.947. The van der Waals surface area contributed by atoms with Crippen molar-refractivity contribution in [3.05, 3.63) is 74.8 Å². The van der Waals surface area contributed by atoms with Gasteiger partial charge in [-0.2, -0.15) is 4.39 Å². The van der Waals surface area contributed by atoms with Gasteiger partial charge in [0.25, 0.3) is 5.56 Å². The van der Waals surface area contributed by atoms with Gasteiger partial charge in [0, 0.05) is 18.0 Å². The predicted octanol–water partition coefficient (Wildman–Crippen LogP) is 1.96. The first kappa shape index (κ1) is 23.4. The van der Waals surface area contributed by atoms with Crippen molar-refractivity contribution in [3.63, 3.8) is 0 Å². The molecule has 31 heavy (non-hydrogen) atoms. The molecule has 2 aromatic rings. The van der Waals surface area contributed by atoms with E-state index in [9.17, 15) is 23.7 Å². The highest BCUT2D eigenvalue weighted by atomic mass is 35.5. The number of ether oxygens (including phenoxy) is 1. The standard InChI is InChI=1S/C18H20ClFN3O7P/c1-2-7-21-31(27,30-12-5-3-11(19)4-6-12)28-10-15-14(24)8-16(29-15)23-9-13(20)17(25)22-18(23)26/h2-6,9,14-16,24H,1,7-8,10H2,(H,21,27)(H,22,25,26)/t14-,15+,16+,31?/m0/s1. The number of nitrogens with zero attached hydrogens (tertiary/aromatic N) is 1. The van der Waals surface area contributed by atoms with Gasteiger partial charge in [-0.1, -0.05) is 17.7 Å². The number of hydrogen-bond donors (Lipinski definition) is 3. The summed E-state index contributed by atoms with van der Waals surface area (Å²) in [5.41, 5.74) is -2.05. The van der Waals surface area contributed by atoms with Crippen molar-refractivity contribution in [2.24, 2.45) is 0 Å². The molecule has 10 nitrogen and oxygen atoms in total. The van der Waals surface area contributed by atoms with E-state index in [1.807, 2.05) is 4.98 Å². The van der Waals surface area contributed by atoms with E-state index < -0.39 is 43.2 Å². The molecule has 1 aromatic carbocycles. The smallest absolute Gasteiger partial charge is 0.413 e. The lowest BCUT2D eigenvalue weighted by atomic mass is 10.2. The number of nitrogens with one attached hydrogen (secondary N) is 2. The molecule has 1 aliphatic rings. The average Bonchev–Trinajstić information content (AvgIpc) is 3.10. The lowest BCUT2D eigenvalue weighted by Gasteiger charge is -2.22. The van der Waals surface area contributed by atoms with E-state index in [4.69, 9.17) is 25.4 Å². The predicted molar refractivity (Wildman–Crippen MR) is 110 cm³/mol. The molecule has 0 radical (unpaired) electrons. The van der Waals surface area contributed by atoms with Crippen LogP contribution in [-0.4, -0.2) is 40.0 Å². The average molecular weight is 476 g/mol. The van der Waals surface area contributed by atoms with Crippen LogP contribution >= 0.6 is 19.3 Å². The van der Waals surface area contributed by atoms with E-state index >= 15 is 0 Å². The molecule has 1 unspecified atom stereocenters. The van der Waals surface area contributed by atoms with Crippen molar-refractivity contribution in [1.82, 2.24) is 14.6 Å². The molecular weight excluding hydrogens is 456 g/mol. The summed E-state index contributed by atoms with van der Waals surface area (Å²) in [6.45, 7) is 3.27. The van der Waals surface area contributed by atoms with Crippen LogP contribution < -0.4 is 20.9 Å². The van der Waals surface area contributed by atoms with E-state index in [1.54, 1.807) is 12.1 Å². The summed E-state index contributed by atoms with van der Waals surface area (Å²) in [4.78, 5) is 24.9. The third kappa shape index (κ3) is 5.91. The highest BCUT2D eigenvalue weighted by Crippen LogP contribution is 2.45. The van der Waals surface area contributed by atoms with Crippen LogP contribution in [0, 0.1) is 5.82 Å². The van der Waals surface area contributed by atoms with Crippen LogP contribution in [0.15, 0.2) is 52.7 Å². The SMILES string of the molecule is C=CCNP(=O)(OC[C@H]1O[C@@H](n2cc(F)c(=O)[nH]c2=O)C[C@@H]1O)Oc1ccc(Cl)cc1. The maximum Gasteiger partial charge on any atom is 0.459 e. The second-order valence-corrected chi connectivity index (χ2v) is 8.75. The van der Waals surface area contributed by atoms with E-state index in [2.05, 4.69) is 11.7 Å². The lowest BCUT2D eigenvalue weighted by molar-refractivity contribution is -0.0428. The van der Waals surface area contributed by atoms with Crippen molar-refractivity contribution < 1.29 is 27.8 Å². The van der Waals surface area contributed by atoms with Crippen molar-refractivity contribution in [2.75, 3.05) is 13.2 Å². The summed E-state index contributed by atoms with van der Waals surface area (Å²) >= 11 is 5.83. The number of rotatable bonds is 9. The minimum Gasteiger partial charge on any atom is -0.413 e. The van der Waals surface area contributed by atoms with Crippen molar-refractivity contribution in [1.29, 1.82) is 0 Å². The molecule has 13 heteroatoms. The molecule has 4 atom stereocenters. The highest BCUT2D eigenvalue weighted by Gasteiger charge is 2.38. The zero-order valence-electron chi connectivity index (χ0n) is 16.1. The number of H-pyrrole nitrogens is 1. The van der Waals surface area contributed by atoms with Gasteiger partial charge in [0.1, 0.15) is 18.1 Å². The first-order valence-electron chi connectivity index (χ1n) is 9.11. The summed E-state index contributed by atoms with van der Waals surface area (Å²) in [6, 6.07) is 6.10. The Morgan fingerprint density at radius 2 is 2.13 bits per heavy atom. The van der Waals surface area contributed by atoms with Gasteiger partial charge in [-0.15, -0.1) is 6.58 Å². The zero-order valence-corrected chi connectivity index (χ0v) is 17.7.